The topological polar surface area (TPSA) is 59.0 Å². The molecule has 0 saturated carbocycles. The molecule has 2 atom stereocenters. The Morgan fingerprint density at radius 3 is 3.03 bits per heavy atom. The highest BCUT2D eigenvalue weighted by Crippen LogP contribution is 2.49. The molecule has 1 aromatic carbocycles. The van der Waals surface area contributed by atoms with E-state index >= 15 is 0 Å². The molecule has 0 bridgehead atoms. The molecule has 2 aromatic rings. The number of aliphatic hydroxyl groups is 1. The van der Waals surface area contributed by atoms with Gasteiger partial charge in [0.05, 0.1) is 17.6 Å². The Bertz CT molecular complexity index is 930. The predicted molar refractivity (Wildman–Crippen MR) is 118 cm³/mol. The summed E-state index contributed by atoms with van der Waals surface area (Å²) < 4.78 is 12.6. The molecule has 0 radical (unpaired) electrons. The molecule has 1 spiro atoms. The Morgan fingerprint density at radius 2 is 2.30 bits per heavy atom. The third-order valence-electron chi connectivity index (χ3n) is 6.15. The van der Waals surface area contributed by atoms with Crippen molar-refractivity contribution in [2.45, 2.75) is 57.9 Å². The fourth-order valence-electron chi connectivity index (χ4n) is 4.65. The smallest absolute Gasteiger partial charge is 0.167 e. The number of ether oxygens (including phenoxy) is 2. The molecule has 2 aliphatic rings. The van der Waals surface area contributed by atoms with Crippen molar-refractivity contribution in [2.75, 3.05) is 19.8 Å². The molecule has 30 heavy (non-hydrogen) atoms. The van der Waals surface area contributed by atoms with Crippen LogP contribution in [0.1, 0.15) is 48.3 Å². The number of hydrogen-bond acceptors (Lipinski definition) is 6. The second-order valence-electron chi connectivity index (χ2n) is 8.32. The largest absolute Gasteiger partial charge is 0.486 e. The van der Waals surface area contributed by atoms with Crippen molar-refractivity contribution in [3.8, 4) is 5.75 Å². The lowest BCUT2D eigenvalue weighted by atomic mass is 9.81. The average Bonchev–Trinajstić information content (AvgIpc) is 3.06. The molecule has 7 heteroatoms. The van der Waals surface area contributed by atoms with Crippen molar-refractivity contribution in [1.29, 1.82) is 0 Å². The number of hydrogen-bond donors (Lipinski definition) is 1. The fraction of sp³-hybridized carbons (Fsp3) is 0.522. The number of fused-ring (bicyclic) bond motifs is 2. The van der Waals surface area contributed by atoms with Gasteiger partial charge in [0, 0.05) is 29.6 Å². The van der Waals surface area contributed by atoms with E-state index in [0.29, 0.717) is 17.0 Å². The monoisotopic (exact) mass is 449 g/mol. The molecule has 1 aromatic heterocycles. The summed E-state index contributed by atoms with van der Waals surface area (Å²) in [6.45, 7) is 6.29. The number of piperidine rings is 1. The number of benzene rings is 1. The molecule has 2 aliphatic heterocycles. The number of nitrogens with zero attached hydrogens (tertiary/aromatic N) is 1. The summed E-state index contributed by atoms with van der Waals surface area (Å²) in [5.41, 5.74) is 2.97. The Hall–Kier alpha value is -1.44. The molecule has 0 amide bonds. The minimum absolute atomic E-state index is 0.00946. The van der Waals surface area contributed by atoms with Gasteiger partial charge in [0.2, 0.25) is 0 Å². The Balaban J connectivity index is 1.47. The van der Waals surface area contributed by atoms with Crippen LogP contribution in [-0.2, 0) is 34.7 Å². The lowest BCUT2D eigenvalue weighted by Gasteiger charge is -2.47. The van der Waals surface area contributed by atoms with E-state index < -0.39 is 0 Å². The average molecular weight is 450 g/mol. The van der Waals surface area contributed by atoms with Gasteiger partial charge in [0.25, 0.3) is 0 Å². The van der Waals surface area contributed by atoms with Gasteiger partial charge in [-0.05, 0) is 56.4 Å². The van der Waals surface area contributed by atoms with Gasteiger partial charge < -0.3 is 14.6 Å². The number of thiophene rings is 1. The highest BCUT2D eigenvalue weighted by molar-refractivity contribution is 7.16. The SMILES string of the molecule is CC(=O)COc1cccc(CN2CC[C@]3(C[C@@H]2C)OCCc2c3sc(Cl)c2CO)c1. The van der Waals surface area contributed by atoms with E-state index in [9.17, 15) is 9.90 Å². The second-order valence-corrected chi connectivity index (χ2v) is 9.95. The van der Waals surface area contributed by atoms with E-state index in [1.807, 2.05) is 18.2 Å². The number of ketones is 1. The highest BCUT2D eigenvalue weighted by atomic mass is 35.5. The number of carbonyl (C=O) groups excluding carboxylic acids is 1. The molecule has 1 N–H and O–H groups in total. The summed E-state index contributed by atoms with van der Waals surface area (Å²) in [5, 5.41) is 9.74. The van der Waals surface area contributed by atoms with Crippen LogP contribution in [0.5, 0.6) is 5.75 Å². The van der Waals surface area contributed by atoms with E-state index in [2.05, 4.69) is 17.9 Å². The van der Waals surface area contributed by atoms with Crippen LogP contribution in [0, 0.1) is 0 Å². The summed E-state index contributed by atoms with van der Waals surface area (Å²) in [5.74, 6) is 0.745. The van der Waals surface area contributed by atoms with Gasteiger partial charge in [0.15, 0.2) is 5.78 Å². The molecule has 4 rings (SSSR count). The predicted octanol–water partition coefficient (Wildman–Crippen LogP) is 4.31. The van der Waals surface area contributed by atoms with Crippen molar-refractivity contribution in [3.63, 3.8) is 0 Å². The Morgan fingerprint density at radius 1 is 1.47 bits per heavy atom. The van der Waals surface area contributed by atoms with Gasteiger partial charge in [-0.15, -0.1) is 11.3 Å². The first-order valence-electron chi connectivity index (χ1n) is 10.4. The van der Waals surface area contributed by atoms with Gasteiger partial charge in [-0.25, -0.2) is 0 Å². The minimum Gasteiger partial charge on any atom is -0.486 e. The number of rotatable bonds is 6. The van der Waals surface area contributed by atoms with Gasteiger partial charge >= 0.3 is 0 Å². The van der Waals surface area contributed by atoms with Crippen LogP contribution < -0.4 is 4.74 Å². The summed E-state index contributed by atoms with van der Waals surface area (Å²) in [6.07, 6.45) is 2.64. The van der Waals surface area contributed by atoms with Crippen LogP contribution in [0.3, 0.4) is 0 Å². The Labute approximate surface area is 186 Å². The number of likely N-dealkylation sites (tertiary alicyclic amines) is 1. The van der Waals surface area contributed by atoms with E-state index in [0.717, 1.165) is 43.7 Å². The van der Waals surface area contributed by atoms with E-state index in [1.165, 1.54) is 22.9 Å². The first-order chi connectivity index (χ1) is 14.4. The summed E-state index contributed by atoms with van der Waals surface area (Å²) >= 11 is 8.01. The van der Waals surface area contributed by atoms with Crippen LogP contribution in [0.4, 0.5) is 0 Å². The molecule has 3 heterocycles. The number of halogens is 1. The quantitative estimate of drug-likeness (QED) is 0.711. The zero-order chi connectivity index (χ0) is 21.3. The summed E-state index contributed by atoms with van der Waals surface area (Å²) in [6, 6.07) is 8.31. The molecule has 1 fully saturated rings. The zero-order valence-corrected chi connectivity index (χ0v) is 19.0. The van der Waals surface area contributed by atoms with Crippen LogP contribution in [-0.4, -0.2) is 41.6 Å². The maximum absolute atomic E-state index is 11.2. The third kappa shape index (κ3) is 4.30. The van der Waals surface area contributed by atoms with Crippen molar-refractivity contribution < 1.29 is 19.4 Å². The van der Waals surface area contributed by atoms with Crippen LogP contribution in [0.25, 0.3) is 0 Å². The molecule has 0 unspecified atom stereocenters. The number of aliphatic hydroxyl groups excluding tert-OH is 1. The van der Waals surface area contributed by atoms with Gasteiger partial charge in [-0.1, -0.05) is 23.7 Å². The molecular weight excluding hydrogens is 422 g/mol. The zero-order valence-electron chi connectivity index (χ0n) is 17.4. The minimum atomic E-state index is -0.294. The van der Waals surface area contributed by atoms with E-state index in [4.69, 9.17) is 21.1 Å². The third-order valence-corrected chi connectivity index (χ3v) is 7.85. The molecule has 162 valence electrons. The maximum atomic E-state index is 11.2. The molecule has 0 aliphatic carbocycles. The maximum Gasteiger partial charge on any atom is 0.167 e. The highest BCUT2D eigenvalue weighted by Gasteiger charge is 2.45. The lowest BCUT2D eigenvalue weighted by Crippen LogP contribution is -2.50. The van der Waals surface area contributed by atoms with Gasteiger partial charge in [-0.3, -0.25) is 9.69 Å². The van der Waals surface area contributed by atoms with Crippen molar-refractivity contribution in [2.24, 2.45) is 0 Å². The summed E-state index contributed by atoms with van der Waals surface area (Å²) in [4.78, 5) is 14.9. The van der Waals surface area contributed by atoms with Crippen LogP contribution >= 0.6 is 22.9 Å². The fourth-order valence-corrected chi connectivity index (χ4v) is 6.32. The first kappa shape index (κ1) is 21.8. The molecular formula is C23H28ClNO4S. The van der Waals surface area contributed by atoms with Gasteiger partial charge in [0.1, 0.15) is 18.0 Å². The standard InChI is InChI=1S/C23H28ClNO4S/c1-15-11-23(21-19(6-9-29-23)20(13-26)22(24)30-21)7-8-25(15)12-17-4-3-5-18(10-17)28-14-16(2)27/h3-5,10,15,26H,6-9,11-14H2,1-2H3/t15-,23+/m0/s1. The van der Waals surface area contributed by atoms with Gasteiger partial charge in [-0.2, -0.15) is 0 Å². The number of carbonyl (C=O) groups is 1. The van der Waals surface area contributed by atoms with Crippen molar-refractivity contribution in [3.05, 3.63) is 50.2 Å². The summed E-state index contributed by atoms with van der Waals surface area (Å²) in [7, 11) is 0. The van der Waals surface area contributed by atoms with Crippen molar-refractivity contribution >= 4 is 28.7 Å². The van der Waals surface area contributed by atoms with Crippen LogP contribution in [0.15, 0.2) is 24.3 Å². The Kier molecular flexibility index (Phi) is 6.51. The normalized spacial score (nSPS) is 24.1. The number of Topliss-reactive ketones (excluding diaryl/α,β-unsaturated/α-hetero) is 1. The van der Waals surface area contributed by atoms with E-state index in [-0.39, 0.29) is 24.6 Å². The lowest BCUT2D eigenvalue weighted by molar-refractivity contribution is -0.118. The first-order valence-corrected chi connectivity index (χ1v) is 11.6. The molecule has 5 nitrogen and oxygen atoms in total. The second kappa shape index (κ2) is 8.97. The molecule has 1 saturated heterocycles. The van der Waals surface area contributed by atoms with E-state index in [1.54, 1.807) is 11.3 Å². The van der Waals surface area contributed by atoms with Crippen molar-refractivity contribution in [1.82, 2.24) is 4.90 Å². The van der Waals surface area contributed by atoms with Crippen LogP contribution in [0.2, 0.25) is 4.34 Å².